The smallest absolute Gasteiger partial charge is 0.248 e. The quantitative estimate of drug-likeness (QED) is 0.154. The van der Waals surface area contributed by atoms with Crippen LogP contribution in [0.25, 0.3) is 17.0 Å². The van der Waals surface area contributed by atoms with Crippen LogP contribution < -0.4 is 10.6 Å². The van der Waals surface area contributed by atoms with E-state index in [2.05, 4.69) is 15.6 Å². The maximum atomic E-state index is 13.5. The standard InChI is InChI=1S/C31H25N3O2S/c35-29(17-14-22-8-3-1-4-9-22)33-25-12-7-13-27(20-25)37-30(24-10-5-2-6-11-24)31(36)34-26-16-15-23-18-19-32-28(23)21-26/h1-21,30,32H,(H,33,35)(H,34,36)/b17-14+. The Hall–Kier alpha value is -4.55. The van der Waals surface area contributed by atoms with Gasteiger partial charge in [-0.05, 0) is 59.0 Å². The molecule has 1 unspecified atom stereocenters. The summed E-state index contributed by atoms with van der Waals surface area (Å²) >= 11 is 1.44. The molecule has 0 aliphatic heterocycles. The van der Waals surface area contributed by atoms with Gasteiger partial charge >= 0.3 is 0 Å². The van der Waals surface area contributed by atoms with E-state index in [-0.39, 0.29) is 11.8 Å². The van der Waals surface area contributed by atoms with Crippen molar-refractivity contribution in [1.29, 1.82) is 0 Å². The van der Waals surface area contributed by atoms with Crippen LogP contribution >= 0.6 is 11.8 Å². The number of anilines is 2. The van der Waals surface area contributed by atoms with Crippen molar-refractivity contribution in [2.24, 2.45) is 0 Å². The predicted molar refractivity (Wildman–Crippen MR) is 153 cm³/mol. The molecule has 1 aromatic heterocycles. The Labute approximate surface area is 219 Å². The van der Waals surface area contributed by atoms with Gasteiger partial charge < -0.3 is 15.6 Å². The third-order valence-electron chi connectivity index (χ3n) is 5.75. The maximum absolute atomic E-state index is 13.5. The summed E-state index contributed by atoms with van der Waals surface area (Å²) in [6.45, 7) is 0. The SMILES string of the molecule is O=C(/C=C/c1ccccc1)Nc1cccc(SC(C(=O)Nc2ccc3cc[nH]c3c2)c2ccccc2)c1. The van der Waals surface area contributed by atoms with E-state index in [1.165, 1.54) is 17.8 Å². The zero-order valence-corrected chi connectivity index (χ0v) is 20.7. The predicted octanol–water partition coefficient (Wildman–Crippen LogP) is 7.29. The Balaban J connectivity index is 1.32. The molecule has 5 rings (SSSR count). The molecule has 0 bridgehead atoms. The Morgan fingerprint density at radius 3 is 2.32 bits per heavy atom. The molecule has 4 aromatic carbocycles. The number of benzene rings is 4. The number of thioether (sulfide) groups is 1. The number of aromatic nitrogens is 1. The number of carbonyl (C=O) groups is 2. The molecule has 0 saturated heterocycles. The second-order valence-corrected chi connectivity index (χ2v) is 9.62. The second-order valence-electron chi connectivity index (χ2n) is 8.44. The van der Waals surface area contributed by atoms with Crippen LogP contribution in [0.5, 0.6) is 0 Å². The fourth-order valence-corrected chi connectivity index (χ4v) is 5.02. The van der Waals surface area contributed by atoms with Crippen molar-refractivity contribution < 1.29 is 9.59 Å². The van der Waals surface area contributed by atoms with E-state index in [4.69, 9.17) is 0 Å². The molecule has 5 nitrogen and oxygen atoms in total. The number of rotatable bonds is 8. The Kier molecular flexibility index (Phi) is 7.48. The van der Waals surface area contributed by atoms with Gasteiger partial charge in [-0.2, -0.15) is 0 Å². The molecule has 2 amide bonds. The topological polar surface area (TPSA) is 74.0 Å². The van der Waals surface area contributed by atoms with Crippen LogP contribution in [0.2, 0.25) is 0 Å². The minimum Gasteiger partial charge on any atom is -0.361 e. The summed E-state index contributed by atoms with van der Waals surface area (Å²) < 4.78 is 0. The third kappa shape index (κ3) is 6.37. The largest absolute Gasteiger partial charge is 0.361 e. The van der Waals surface area contributed by atoms with E-state index in [0.29, 0.717) is 5.69 Å². The third-order valence-corrected chi connectivity index (χ3v) is 6.99. The van der Waals surface area contributed by atoms with Gasteiger partial charge in [-0.25, -0.2) is 0 Å². The maximum Gasteiger partial charge on any atom is 0.248 e. The molecule has 0 aliphatic rings. The van der Waals surface area contributed by atoms with Crippen LogP contribution in [-0.2, 0) is 9.59 Å². The highest BCUT2D eigenvalue weighted by Gasteiger charge is 2.22. The first-order valence-electron chi connectivity index (χ1n) is 11.9. The van der Waals surface area contributed by atoms with Crippen molar-refractivity contribution in [2.75, 3.05) is 10.6 Å². The molecule has 0 spiro atoms. The molecular formula is C31H25N3O2S. The van der Waals surface area contributed by atoms with E-state index in [9.17, 15) is 9.59 Å². The molecule has 0 fully saturated rings. The lowest BCUT2D eigenvalue weighted by Crippen LogP contribution is -2.19. The summed E-state index contributed by atoms with van der Waals surface area (Å²) in [5, 5.41) is 6.57. The van der Waals surface area contributed by atoms with Gasteiger partial charge in [0.2, 0.25) is 11.8 Å². The lowest BCUT2D eigenvalue weighted by atomic mass is 10.1. The second kappa shape index (κ2) is 11.5. The first-order valence-corrected chi connectivity index (χ1v) is 12.8. The van der Waals surface area contributed by atoms with Crippen LogP contribution in [0.15, 0.2) is 126 Å². The van der Waals surface area contributed by atoms with Crippen molar-refractivity contribution in [1.82, 2.24) is 4.98 Å². The molecule has 1 atom stereocenters. The van der Waals surface area contributed by atoms with Crippen LogP contribution in [0.4, 0.5) is 11.4 Å². The fourth-order valence-electron chi connectivity index (χ4n) is 3.94. The number of fused-ring (bicyclic) bond motifs is 1. The first-order chi connectivity index (χ1) is 18.1. The highest BCUT2D eigenvalue weighted by Crippen LogP contribution is 2.37. The van der Waals surface area contributed by atoms with Gasteiger partial charge in [-0.3, -0.25) is 9.59 Å². The van der Waals surface area contributed by atoms with E-state index in [1.807, 2.05) is 115 Å². The normalized spacial score (nSPS) is 11.9. The number of aromatic amines is 1. The molecule has 0 radical (unpaired) electrons. The van der Waals surface area contributed by atoms with Gasteiger partial charge in [0.15, 0.2) is 0 Å². The van der Waals surface area contributed by atoms with E-state index in [0.717, 1.165) is 32.6 Å². The molecule has 5 aromatic rings. The van der Waals surface area contributed by atoms with Gasteiger partial charge in [-0.1, -0.05) is 72.8 Å². The zero-order chi connectivity index (χ0) is 25.5. The summed E-state index contributed by atoms with van der Waals surface area (Å²) in [6, 6.07) is 34.7. The summed E-state index contributed by atoms with van der Waals surface area (Å²) in [4.78, 5) is 30.0. The summed E-state index contributed by atoms with van der Waals surface area (Å²) in [5.74, 6) is -0.342. The minimum atomic E-state index is -0.482. The molecule has 6 heteroatoms. The van der Waals surface area contributed by atoms with E-state index in [1.54, 1.807) is 6.08 Å². The highest BCUT2D eigenvalue weighted by atomic mass is 32.2. The molecule has 182 valence electrons. The monoisotopic (exact) mass is 503 g/mol. The number of carbonyl (C=O) groups excluding carboxylic acids is 2. The Bertz CT molecular complexity index is 1540. The summed E-state index contributed by atoms with van der Waals surface area (Å²) in [6.07, 6.45) is 5.16. The van der Waals surface area contributed by atoms with Crippen LogP contribution in [0, 0.1) is 0 Å². The zero-order valence-electron chi connectivity index (χ0n) is 19.9. The molecule has 1 heterocycles. The van der Waals surface area contributed by atoms with Gasteiger partial charge in [0.1, 0.15) is 5.25 Å². The van der Waals surface area contributed by atoms with Gasteiger partial charge in [0.05, 0.1) is 0 Å². The average molecular weight is 504 g/mol. The van der Waals surface area contributed by atoms with Gasteiger partial charge in [0, 0.05) is 34.1 Å². The highest BCUT2D eigenvalue weighted by molar-refractivity contribution is 8.00. The van der Waals surface area contributed by atoms with Crippen LogP contribution in [0.1, 0.15) is 16.4 Å². The fraction of sp³-hybridized carbons (Fsp3) is 0.0323. The molecule has 0 saturated carbocycles. The Morgan fingerprint density at radius 2 is 1.51 bits per heavy atom. The van der Waals surface area contributed by atoms with Crippen molar-refractivity contribution in [3.05, 3.63) is 133 Å². The van der Waals surface area contributed by atoms with Crippen molar-refractivity contribution in [3.63, 3.8) is 0 Å². The minimum absolute atomic E-state index is 0.123. The molecule has 0 aliphatic carbocycles. The van der Waals surface area contributed by atoms with Gasteiger partial charge in [0.25, 0.3) is 0 Å². The van der Waals surface area contributed by atoms with Gasteiger partial charge in [-0.15, -0.1) is 11.8 Å². The summed E-state index contributed by atoms with van der Waals surface area (Å²) in [7, 11) is 0. The van der Waals surface area contributed by atoms with Crippen molar-refractivity contribution in [3.8, 4) is 0 Å². The number of hydrogen-bond donors (Lipinski definition) is 3. The molecule has 3 N–H and O–H groups in total. The lowest BCUT2D eigenvalue weighted by molar-refractivity contribution is -0.116. The van der Waals surface area contributed by atoms with Crippen LogP contribution in [-0.4, -0.2) is 16.8 Å². The summed E-state index contributed by atoms with van der Waals surface area (Å²) in [5.41, 5.74) is 4.21. The molecular weight excluding hydrogens is 478 g/mol. The van der Waals surface area contributed by atoms with E-state index < -0.39 is 5.25 Å². The van der Waals surface area contributed by atoms with E-state index >= 15 is 0 Å². The first kappa shape index (κ1) is 24.2. The lowest BCUT2D eigenvalue weighted by Gasteiger charge is -2.18. The molecule has 37 heavy (non-hydrogen) atoms. The van der Waals surface area contributed by atoms with Crippen LogP contribution in [0.3, 0.4) is 0 Å². The Morgan fingerprint density at radius 1 is 0.757 bits per heavy atom. The number of nitrogens with one attached hydrogen (secondary N) is 3. The van der Waals surface area contributed by atoms with Crippen molar-refractivity contribution in [2.45, 2.75) is 10.1 Å². The average Bonchev–Trinajstić information content (AvgIpc) is 3.40. The van der Waals surface area contributed by atoms with Crippen molar-refractivity contribution >= 4 is 51.9 Å². The number of H-pyrrole nitrogens is 1. The number of hydrogen-bond acceptors (Lipinski definition) is 3. The number of amides is 2.